The maximum Gasteiger partial charge on any atom is 0.161 e. The summed E-state index contributed by atoms with van der Waals surface area (Å²) in [6, 6.07) is 6.86. The first kappa shape index (κ1) is 10.5. The van der Waals surface area contributed by atoms with Gasteiger partial charge in [0.1, 0.15) is 5.82 Å². The van der Waals surface area contributed by atoms with Gasteiger partial charge in [0.2, 0.25) is 0 Å². The lowest BCUT2D eigenvalue weighted by Gasteiger charge is -2.08. The maximum absolute atomic E-state index is 13.7. The van der Waals surface area contributed by atoms with Crippen molar-refractivity contribution in [1.29, 1.82) is 0 Å². The third-order valence-electron chi connectivity index (χ3n) is 3.14. The number of halogens is 1. The van der Waals surface area contributed by atoms with Crippen LogP contribution in [0.2, 0.25) is 0 Å². The molecule has 1 aromatic carbocycles. The fraction of sp³-hybridized carbons (Fsp3) is 0.308. The summed E-state index contributed by atoms with van der Waals surface area (Å²) < 4.78 is 19.0. The second kappa shape index (κ2) is 4.30. The number of nitrogens with zero attached hydrogens (tertiary/aromatic N) is 1. The van der Waals surface area contributed by atoms with E-state index in [1.54, 1.807) is 18.3 Å². The summed E-state index contributed by atoms with van der Waals surface area (Å²) in [5, 5.41) is 7.13. The van der Waals surface area contributed by atoms with Gasteiger partial charge in [-0.1, -0.05) is 23.4 Å². The molecule has 0 amide bonds. The Bertz CT molecular complexity index is 518. The number of aromatic nitrogens is 1. The predicted octanol–water partition coefficient (Wildman–Crippen LogP) is 2.91. The number of hydrogen-bond acceptors (Lipinski definition) is 3. The molecule has 4 heteroatoms. The smallest absolute Gasteiger partial charge is 0.161 e. The molecular weight excluding hydrogens is 219 g/mol. The van der Waals surface area contributed by atoms with Gasteiger partial charge in [0.05, 0.1) is 12.2 Å². The van der Waals surface area contributed by atoms with Crippen LogP contribution in [0, 0.1) is 5.82 Å². The maximum atomic E-state index is 13.7. The molecule has 2 heterocycles. The van der Waals surface area contributed by atoms with Crippen molar-refractivity contribution in [1.82, 2.24) is 10.5 Å². The minimum atomic E-state index is -0.241. The fourth-order valence-electron chi connectivity index (χ4n) is 2.29. The minimum Gasteiger partial charge on any atom is -0.359 e. The van der Waals surface area contributed by atoms with E-state index in [1.807, 2.05) is 6.07 Å². The Hall–Kier alpha value is -1.68. The van der Waals surface area contributed by atoms with Crippen LogP contribution in [-0.2, 0) is 0 Å². The van der Waals surface area contributed by atoms with Crippen LogP contribution >= 0.6 is 0 Å². The predicted molar refractivity (Wildman–Crippen MR) is 61.9 cm³/mol. The molecule has 0 bridgehead atoms. The van der Waals surface area contributed by atoms with E-state index in [0.29, 0.717) is 5.56 Å². The standard InChI is InChI=1S/C13H13FN2O/c14-11-5-2-1-4-9(11)10-8-16-17-13(10)12-6-3-7-15-12/h1-2,4-5,8,12,15H,3,6-7H2. The molecule has 1 N–H and O–H groups in total. The summed E-state index contributed by atoms with van der Waals surface area (Å²) in [5.41, 5.74) is 1.31. The van der Waals surface area contributed by atoms with Gasteiger partial charge in [-0.05, 0) is 25.5 Å². The summed E-state index contributed by atoms with van der Waals surface area (Å²) in [5.74, 6) is 0.502. The average Bonchev–Trinajstić information content (AvgIpc) is 3.00. The molecule has 17 heavy (non-hydrogen) atoms. The third-order valence-corrected chi connectivity index (χ3v) is 3.14. The van der Waals surface area contributed by atoms with Crippen LogP contribution in [0.1, 0.15) is 24.6 Å². The zero-order chi connectivity index (χ0) is 11.7. The SMILES string of the molecule is Fc1ccccc1-c1cnoc1C1CCCN1. The van der Waals surface area contributed by atoms with Crippen LogP contribution < -0.4 is 5.32 Å². The van der Waals surface area contributed by atoms with Crippen LogP contribution in [0.5, 0.6) is 0 Å². The molecule has 0 saturated carbocycles. The zero-order valence-corrected chi connectivity index (χ0v) is 9.32. The minimum absolute atomic E-state index is 0.159. The Morgan fingerprint density at radius 2 is 2.18 bits per heavy atom. The Labute approximate surface area is 98.6 Å². The Morgan fingerprint density at radius 1 is 1.29 bits per heavy atom. The summed E-state index contributed by atoms with van der Waals surface area (Å²) >= 11 is 0. The van der Waals surface area contributed by atoms with Crippen molar-refractivity contribution in [3.63, 3.8) is 0 Å². The van der Waals surface area contributed by atoms with E-state index in [-0.39, 0.29) is 11.9 Å². The topological polar surface area (TPSA) is 38.1 Å². The summed E-state index contributed by atoms with van der Waals surface area (Å²) in [4.78, 5) is 0. The summed E-state index contributed by atoms with van der Waals surface area (Å²) in [6.07, 6.45) is 3.71. The normalized spacial score (nSPS) is 19.7. The molecule has 0 aliphatic carbocycles. The Morgan fingerprint density at radius 3 is 2.94 bits per heavy atom. The van der Waals surface area contributed by atoms with Gasteiger partial charge in [0.25, 0.3) is 0 Å². The van der Waals surface area contributed by atoms with Gasteiger partial charge in [-0.2, -0.15) is 0 Å². The van der Waals surface area contributed by atoms with E-state index in [2.05, 4.69) is 10.5 Å². The van der Waals surface area contributed by atoms with E-state index in [4.69, 9.17) is 4.52 Å². The zero-order valence-electron chi connectivity index (χ0n) is 9.32. The van der Waals surface area contributed by atoms with Gasteiger partial charge >= 0.3 is 0 Å². The molecule has 1 aliphatic rings. The molecular formula is C13H13FN2O. The molecule has 3 rings (SSSR count). The first-order valence-electron chi connectivity index (χ1n) is 5.79. The Balaban J connectivity index is 2.04. The van der Waals surface area contributed by atoms with E-state index < -0.39 is 0 Å². The van der Waals surface area contributed by atoms with E-state index >= 15 is 0 Å². The van der Waals surface area contributed by atoms with Gasteiger partial charge < -0.3 is 9.84 Å². The number of benzene rings is 1. The largest absolute Gasteiger partial charge is 0.359 e. The quantitative estimate of drug-likeness (QED) is 0.865. The van der Waals surface area contributed by atoms with Gasteiger partial charge in [0, 0.05) is 11.1 Å². The molecule has 0 spiro atoms. The van der Waals surface area contributed by atoms with Crippen LogP contribution in [0.15, 0.2) is 35.0 Å². The van der Waals surface area contributed by atoms with E-state index in [1.165, 1.54) is 6.07 Å². The van der Waals surface area contributed by atoms with Crippen molar-refractivity contribution in [3.05, 3.63) is 42.0 Å². The first-order chi connectivity index (χ1) is 8.36. The summed E-state index contributed by atoms with van der Waals surface area (Å²) in [6.45, 7) is 0.974. The first-order valence-corrected chi connectivity index (χ1v) is 5.79. The molecule has 88 valence electrons. The fourth-order valence-corrected chi connectivity index (χ4v) is 2.29. The third kappa shape index (κ3) is 1.85. The van der Waals surface area contributed by atoms with Crippen molar-refractivity contribution < 1.29 is 8.91 Å². The van der Waals surface area contributed by atoms with E-state index in [9.17, 15) is 4.39 Å². The van der Waals surface area contributed by atoms with Crippen molar-refractivity contribution >= 4 is 0 Å². The molecule has 2 aromatic rings. The monoisotopic (exact) mass is 232 g/mol. The van der Waals surface area contributed by atoms with Crippen molar-refractivity contribution in [3.8, 4) is 11.1 Å². The highest BCUT2D eigenvalue weighted by Gasteiger charge is 2.24. The van der Waals surface area contributed by atoms with Crippen LogP contribution in [-0.4, -0.2) is 11.7 Å². The van der Waals surface area contributed by atoms with Gasteiger partial charge in [-0.25, -0.2) is 4.39 Å². The number of rotatable bonds is 2. The molecule has 1 aromatic heterocycles. The highest BCUT2D eigenvalue weighted by atomic mass is 19.1. The van der Waals surface area contributed by atoms with Crippen molar-refractivity contribution in [2.45, 2.75) is 18.9 Å². The average molecular weight is 232 g/mol. The molecule has 0 radical (unpaired) electrons. The molecule has 1 fully saturated rings. The summed E-state index contributed by atoms with van der Waals surface area (Å²) in [7, 11) is 0. The molecule has 1 saturated heterocycles. The van der Waals surface area contributed by atoms with Crippen molar-refractivity contribution in [2.75, 3.05) is 6.54 Å². The Kier molecular flexibility index (Phi) is 2.65. The lowest BCUT2D eigenvalue weighted by atomic mass is 10.0. The molecule has 1 atom stereocenters. The molecule has 1 unspecified atom stereocenters. The van der Waals surface area contributed by atoms with Gasteiger partial charge in [0.15, 0.2) is 5.76 Å². The molecule has 3 nitrogen and oxygen atoms in total. The second-order valence-electron chi connectivity index (χ2n) is 4.23. The van der Waals surface area contributed by atoms with Crippen LogP contribution in [0.4, 0.5) is 4.39 Å². The number of hydrogen-bond donors (Lipinski definition) is 1. The van der Waals surface area contributed by atoms with E-state index in [0.717, 1.165) is 30.7 Å². The lowest BCUT2D eigenvalue weighted by molar-refractivity contribution is 0.352. The highest BCUT2D eigenvalue weighted by molar-refractivity contribution is 5.65. The van der Waals surface area contributed by atoms with Crippen molar-refractivity contribution in [2.24, 2.45) is 0 Å². The van der Waals surface area contributed by atoms with Crippen LogP contribution in [0.3, 0.4) is 0 Å². The number of nitrogens with one attached hydrogen (secondary N) is 1. The van der Waals surface area contributed by atoms with Crippen LogP contribution in [0.25, 0.3) is 11.1 Å². The van der Waals surface area contributed by atoms with Gasteiger partial charge in [-0.3, -0.25) is 0 Å². The highest BCUT2D eigenvalue weighted by Crippen LogP contribution is 2.33. The van der Waals surface area contributed by atoms with Gasteiger partial charge in [-0.15, -0.1) is 0 Å². The molecule has 1 aliphatic heterocycles. The lowest BCUT2D eigenvalue weighted by Crippen LogP contribution is -2.12. The second-order valence-corrected chi connectivity index (χ2v) is 4.23.